The molecule has 1 aliphatic heterocycles. The number of nitrogens with zero attached hydrogens (tertiary/aromatic N) is 2. The first kappa shape index (κ1) is 12.4. The van der Waals surface area contributed by atoms with Crippen molar-refractivity contribution in [2.75, 3.05) is 29.9 Å². The standard InChI is InChI=1S/C10H18N4O2S/c1-14-7-10(6-13-14)11-3-2-9-8-17(15,16)5-4-12-9/h6-7,9,11-12H,2-5,8H2,1H3. The Balaban J connectivity index is 1.75. The summed E-state index contributed by atoms with van der Waals surface area (Å²) in [5, 5.41) is 10.5. The Morgan fingerprint density at radius 2 is 2.47 bits per heavy atom. The summed E-state index contributed by atoms with van der Waals surface area (Å²) >= 11 is 0. The maximum atomic E-state index is 11.4. The van der Waals surface area contributed by atoms with Gasteiger partial charge in [-0.25, -0.2) is 8.42 Å². The van der Waals surface area contributed by atoms with E-state index in [-0.39, 0.29) is 17.5 Å². The minimum absolute atomic E-state index is 0.0675. The number of sulfone groups is 1. The van der Waals surface area contributed by atoms with Gasteiger partial charge in [0.15, 0.2) is 9.84 Å². The number of nitrogens with one attached hydrogen (secondary N) is 2. The Morgan fingerprint density at radius 3 is 3.12 bits per heavy atom. The molecule has 17 heavy (non-hydrogen) atoms. The number of aryl methyl sites for hydroxylation is 1. The van der Waals surface area contributed by atoms with Crippen molar-refractivity contribution in [1.29, 1.82) is 0 Å². The first-order valence-corrected chi connectivity index (χ1v) is 7.54. The summed E-state index contributed by atoms with van der Waals surface area (Å²) in [5.74, 6) is 0.515. The lowest BCUT2D eigenvalue weighted by Crippen LogP contribution is -2.45. The van der Waals surface area contributed by atoms with Gasteiger partial charge in [0, 0.05) is 32.4 Å². The fourth-order valence-corrected chi connectivity index (χ4v) is 3.45. The van der Waals surface area contributed by atoms with Crippen LogP contribution in [0.15, 0.2) is 12.4 Å². The monoisotopic (exact) mass is 258 g/mol. The fourth-order valence-electron chi connectivity index (χ4n) is 1.96. The van der Waals surface area contributed by atoms with Crippen LogP contribution < -0.4 is 10.6 Å². The quantitative estimate of drug-likeness (QED) is 0.769. The highest BCUT2D eigenvalue weighted by Gasteiger charge is 2.23. The highest BCUT2D eigenvalue weighted by atomic mass is 32.2. The molecule has 2 heterocycles. The molecule has 2 N–H and O–H groups in total. The number of anilines is 1. The number of aromatic nitrogens is 2. The lowest BCUT2D eigenvalue weighted by Gasteiger charge is -2.23. The molecule has 1 atom stereocenters. The molecule has 0 spiro atoms. The second kappa shape index (κ2) is 5.05. The van der Waals surface area contributed by atoms with Gasteiger partial charge in [0.1, 0.15) is 0 Å². The van der Waals surface area contributed by atoms with E-state index >= 15 is 0 Å². The van der Waals surface area contributed by atoms with Crippen molar-refractivity contribution < 1.29 is 8.42 Å². The molecule has 0 saturated carbocycles. The molecule has 0 radical (unpaired) electrons. The molecule has 2 rings (SSSR count). The summed E-state index contributed by atoms with van der Waals surface area (Å²) < 4.78 is 24.6. The molecule has 1 aliphatic rings. The fraction of sp³-hybridized carbons (Fsp3) is 0.700. The van der Waals surface area contributed by atoms with Gasteiger partial charge < -0.3 is 10.6 Å². The molecule has 0 bridgehead atoms. The van der Waals surface area contributed by atoms with Gasteiger partial charge in [0.25, 0.3) is 0 Å². The van der Waals surface area contributed by atoms with Crippen molar-refractivity contribution in [2.24, 2.45) is 7.05 Å². The van der Waals surface area contributed by atoms with Gasteiger partial charge in [-0.2, -0.15) is 5.10 Å². The molecule has 1 saturated heterocycles. The zero-order chi connectivity index (χ0) is 12.3. The Labute approximate surface area is 101 Å². The Hall–Kier alpha value is -1.08. The van der Waals surface area contributed by atoms with Crippen LogP contribution in [0, 0.1) is 0 Å². The van der Waals surface area contributed by atoms with Crippen LogP contribution in [0.1, 0.15) is 6.42 Å². The van der Waals surface area contributed by atoms with E-state index in [1.165, 1.54) is 0 Å². The van der Waals surface area contributed by atoms with Crippen molar-refractivity contribution in [3.05, 3.63) is 12.4 Å². The van der Waals surface area contributed by atoms with Gasteiger partial charge in [-0.15, -0.1) is 0 Å². The molecule has 1 aromatic rings. The minimum Gasteiger partial charge on any atom is -0.382 e. The van der Waals surface area contributed by atoms with Crippen molar-refractivity contribution in [1.82, 2.24) is 15.1 Å². The molecular formula is C10H18N4O2S. The third kappa shape index (κ3) is 3.71. The zero-order valence-corrected chi connectivity index (χ0v) is 10.7. The number of hydrogen-bond donors (Lipinski definition) is 2. The highest BCUT2D eigenvalue weighted by molar-refractivity contribution is 7.91. The SMILES string of the molecule is Cn1cc(NCCC2CS(=O)(=O)CCN2)cn1. The van der Waals surface area contributed by atoms with Gasteiger partial charge in [0.05, 0.1) is 23.4 Å². The topological polar surface area (TPSA) is 76.0 Å². The lowest BCUT2D eigenvalue weighted by molar-refractivity contribution is 0.502. The van der Waals surface area contributed by atoms with Crippen LogP contribution in [0.2, 0.25) is 0 Å². The van der Waals surface area contributed by atoms with E-state index in [1.54, 1.807) is 10.9 Å². The van der Waals surface area contributed by atoms with E-state index in [0.717, 1.165) is 18.7 Å². The van der Waals surface area contributed by atoms with Crippen LogP contribution >= 0.6 is 0 Å². The smallest absolute Gasteiger partial charge is 0.153 e. The first-order valence-electron chi connectivity index (χ1n) is 5.71. The Bertz CT molecular complexity index is 468. The first-order chi connectivity index (χ1) is 8.05. The average molecular weight is 258 g/mol. The largest absolute Gasteiger partial charge is 0.382 e. The van der Waals surface area contributed by atoms with Crippen LogP contribution in [0.5, 0.6) is 0 Å². The maximum Gasteiger partial charge on any atom is 0.153 e. The van der Waals surface area contributed by atoms with Crippen LogP contribution in [0.3, 0.4) is 0 Å². The van der Waals surface area contributed by atoms with Crippen LogP contribution in [0.4, 0.5) is 5.69 Å². The van der Waals surface area contributed by atoms with Crippen molar-refractivity contribution in [2.45, 2.75) is 12.5 Å². The number of rotatable bonds is 4. The van der Waals surface area contributed by atoms with E-state index in [2.05, 4.69) is 15.7 Å². The maximum absolute atomic E-state index is 11.4. The summed E-state index contributed by atoms with van der Waals surface area (Å²) in [6.07, 6.45) is 4.45. The molecule has 1 fully saturated rings. The van der Waals surface area contributed by atoms with Gasteiger partial charge in [-0.05, 0) is 6.42 Å². The average Bonchev–Trinajstić information content (AvgIpc) is 2.63. The molecule has 96 valence electrons. The van der Waals surface area contributed by atoms with Gasteiger partial charge in [-0.1, -0.05) is 0 Å². The molecular weight excluding hydrogens is 240 g/mol. The Kier molecular flexibility index (Phi) is 3.68. The van der Waals surface area contributed by atoms with E-state index < -0.39 is 9.84 Å². The predicted molar refractivity (Wildman–Crippen MR) is 66.8 cm³/mol. The minimum atomic E-state index is -2.83. The summed E-state index contributed by atoms with van der Waals surface area (Å²) in [6, 6.07) is 0.0675. The van der Waals surface area contributed by atoms with Gasteiger partial charge in [-0.3, -0.25) is 4.68 Å². The van der Waals surface area contributed by atoms with E-state index in [0.29, 0.717) is 6.54 Å². The lowest BCUT2D eigenvalue weighted by atomic mass is 10.2. The van der Waals surface area contributed by atoms with Crippen LogP contribution in [0.25, 0.3) is 0 Å². The normalized spacial score (nSPS) is 23.5. The molecule has 1 aromatic heterocycles. The molecule has 0 amide bonds. The van der Waals surface area contributed by atoms with Crippen molar-refractivity contribution in [3.8, 4) is 0 Å². The van der Waals surface area contributed by atoms with Crippen LogP contribution in [-0.4, -0.2) is 48.8 Å². The summed E-state index contributed by atoms with van der Waals surface area (Å²) in [5.41, 5.74) is 0.964. The molecule has 7 heteroatoms. The molecule has 0 aliphatic carbocycles. The molecule has 1 unspecified atom stereocenters. The van der Waals surface area contributed by atoms with E-state index in [4.69, 9.17) is 0 Å². The van der Waals surface area contributed by atoms with Crippen molar-refractivity contribution in [3.63, 3.8) is 0 Å². The van der Waals surface area contributed by atoms with Gasteiger partial charge in [0.2, 0.25) is 0 Å². The summed E-state index contributed by atoms with van der Waals surface area (Å²) in [4.78, 5) is 0. The van der Waals surface area contributed by atoms with Crippen LogP contribution in [-0.2, 0) is 16.9 Å². The second-order valence-electron chi connectivity index (χ2n) is 4.38. The molecule has 6 nitrogen and oxygen atoms in total. The third-order valence-electron chi connectivity index (χ3n) is 2.83. The van der Waals surface area contributed by atoms with Crippen molar-refractivity contribution >= 4 is 15.5 Å². The molecule has 0 aromatic carbocycles. The third-order valence-corrected chi connectivity index (χ3v) is 4.56. The Morgan fingerprint density at radius 1 is 1.65 bits per heavy atom. The van der Waals surface area contributed by atoms with Gasteiger partial charge >= 0.3 is 0 Å². The number of hydrogen-bond acceptors (Lipinski definition) is 5. The zero-order valence-electron chi connectivity index (χ0n) is 9.89. The highest BCUT2D eigenvalue weighted by Crippen LogP contribution is 2.07. The predicted octanol–water partition coefficient (Wildman–Crippen LogP) is -0.391. The van der Waals surface area contributed by atoms with E-state index in [1.807, 2.05) is 13.2 Å². The summed E-state index contributed by atoms with van der Waals surface area (Å²) in [7, 11) is -0.968. The second-order valence-corrected chi connectivity index (χ2v) is 6.61. The van der Waals surface area contributed by atoms with E-state index in [9.17, 15) is 8.42 Å². The summed E-state index contributed by atoms with van der Waals surface area (Å²) in [6.45, 7) is 1.32.